The van der Waals surface area contributed by atoms with E-state index in [9.17, 15) is 9.50 Å². The summed E-state index contributed by atoms with van der Waals surface area (Å²) in [5.74, 6) is 0.369. The number of rotatable bonds is 3. The van der Waals surface area contributed by atoms with Crippen LogP contribution in [0.15, 0.2) is 36.4 Å². The summed E-state index contributed by atoms with van der Waals surface area (Å²) >= 11 is 0. The Balaban J connectivity index is 2.34. The van der Waals surface area contributed by atoms with Crippen LogP contribution in [0, 0.1) is 19.7 Å². The van der Waals surface area contributed by atoms with Crippen LogP contribution in [0.5, 0.6) is 11.5 Å². The molecule has 100 valence electrons. The molecule has 0 heterocycles. The first-order chi connectivity index (χ1) is 8.99. The molecular weight excluding hydrogens is 243 g/mol. The van der Waals surface area contributed by atoms with Gasteiger partial charge < -0.3 is 9.84 Å². The molecule has 0 aromatic heterocycles. The summed E-state index contributed by atoms with van der Waals surface area (Å²) in [6.07, 6.45) is -0.691. The average Bonchev–Trinajstić information content (AvgIpc) is 2.35. The summed E-state index contributed by atoms with van der Waals surface area (Å²) in [5.41, 5.74) is 2.45. The third-order valence-corrected chi connectivity index (χ3v) is 3.06. The predicted octanol–water partition coefficient (Wildman–Crippen LogP) is 4.29. The number of benzene rings is 2. The van der Waals surface area contributed by atoms with Gasteiger partial charge in [-0.05, 0) is 49.6 Å². The van der Waals surface area contributed by atoms with Gasteiger partial charge in [0.2, 0.25) is 0 Å². The molecule has 0 aliphatic heterocycles. The van der Waals surface area contributed by atoms with Gasteiger partial charge in [0, 0.05) is 0 Å². The van der Waals surface area contributed by atoms with Crippen LogP contribution < -0.4 is 4.74 Å². The number of aliphatic hydroxyl groups excluding tert-OH is 1. The highest BCUT2D eigenvalue weighted by atomic mass is 19.1. The molecule has 0 bridgehead atoms. The molecule has 1 N–H and O–H groups in total. The molecule has 2 aromatic rings. The standard InChI is InChI=1S/C16H17FO2/c1-10-5-4-6-11(2)16(10)19-15-8-7-13(12(3)18)9-14(15)17/h4-9,12,18H,1-3H3. The van der Waals surface area contributed by atoms with E-state index >= 15 is 0 Å². The smallest absolute Gasteiger partial charge is 0.166 e. The molecule has 0 radical (unpaired) electrons. The second-order valence-electron chi connectivity index (χ2n) is 4.69. The van der Waals surface area contributed by atoms with Gasteiger partial charge in [0.15, 0.2) is 11.6 Å². The van der Waals surface area contributed by atoms with Gasteiger partial charge in [-0.25, -0.2) is 4.39 Å². The Bertz CT molecular complexity index is 571. The van der Waals surface area contributed by atoms with Crippen LogP contribution in [0.25, 0.3) is 0 Å². The van der Waals surface area contributed by atoms with Crippen molar-refractivity contribution in [3.8, 4) is 11.5 Å². The van der Waals surface area contributed by atoms with E-state index in [2.05, 4.69) is 0 Å². The number of ether oxygens (including phenoxy) is 1. The maximum absolute atomic E-state index is 13.9. The minimum atomic E-state index is -0.691. The highest BCUT2D eigenvalue weighted by molar-refractivity contribution is 5.43. The number of hydrogen-bond acceptors (Lipinski definition) is 2. The molecule has 0 amide bonds. The molecule has 19 heavy (non-hydrogen) atoms. The minimum Gasteiger partial charge on any atom is -0.454 e. The molecule has 0 fully saturated rings. The number of halogens is 1. The van der Waals surface area contributed by atoms with E-state index in [1.165, 1.54) is 6.07 Å². The van der Waals surface area contributed by atoms with Crippen LogP contribution in [0.1, 0.15) is 29.7 Å². The first-order valence-electron chi connectivity index (χ1n) is 6.20. The fourth-order valence-corrected chi connectivity index (χ4v) is 1.93. The summed E-state index contributed by atoms with van der Waals surface area (Å²) in [5, 5.41) is 9.41. The Hall–Kier alpha value is -1.87. The number of hydrogen-bond donors (Lipinski definition) is 1. The molecule has 2 nitrogen and oxygen atoms in total. The molecule has 2 aromatic carbocycles. The molecule has 0 spiro atoms. The van der Waals surface area contributed by atoms with E-state index in [-0.39, 0.29) is 5.75 Å². The van der Waals surface area contributed by atoms with E-state index in [0.29, 0.717) is 11.3 Å². The van der Waals surface area contributed by atoms with Crippen molar-refractivity contribution >= 4 is 0 Å². The van der Waals surface area contributed by atoms with Gasteiger partial charge in [0.05, 0.1) is 6.10 Å². The van der Waals surface area contributed by atoms with E-state index in [0.717, 1.165) is 11.1 Å². The van der Waals surface area contributed by atoms with Crippen molar-refractivity contribution in [1.29, 1.82) is 0 Å². The van der Waals surface area contributed by atoms with Gasteiger partial charge in [-0.2, -0.15) is 0 Å². The minimum absolute atomic E-state index is 0.168. The molecule has 1 unspecified atom stereocenters. The molecule has 3 heteroatoms. The number of aliphatic hydroxyl groups is 1. The van der Waals surface area contributed by atoms with Gasteiger partial charge in [-0.3, -0.25) is 0 Å². The highest BCUT2D eigenvalue weighted by Crippen LogP contribution is 2.31. The summed E-state index contributed by atoms with van der Waals surface area (Å²) in [6.45, 7) is 5.44. The normalized spacial score (nSPS) is 12.3. The topological polar surface area (TPSA) is 29.5 Å². The zero-order chi connectivity index (χ0) is 14.0. The fourth-order valence-electron chi connectivity index (χ4n) is 1.93. The van der Waals surface area contributed by atoms with Gasteiger partial charge in [0.25, 0.3) is 0 Å². The van der Waals surface area contributed by atoms with Crippen molar-refractivity contribution < 1.29 is 14.2 Å². The maximum atomic E-state index is 13.9. The highest BCUT2D eigenvalue weighted by Gasteiger charge is 2.11. The molecule has 0 aliphatic carbocycles. The lowest BCUT2D eigenvalue weighted by molar-refractivity contribution is 0.198. The Labute approximate surface area is 112 Å². The van der Waals surface area contributed by atoms with Crippen molar-refractivity contribution in [3.63, 3.8) is 0 Å². The summed E-state index contributed by atoms with van der Waals surface area (Å²) in [4.78, 5) is 0. The quantitative estimate of drug-likeness (QED) is 0.892. The average molecular weight is 260 g/mol. The van der Waals surface area contributed by atoms with Gasteiger partial charge in [-0.15, -0.1) is 0 Å². The van der Waals surface area contributed by atoms with Crippen LogP contribution in [0.2, 0.25) is 0 Å². The molecule has 2 rings (SSSR count). The summed E-state index contributed by atoms with van der Waals surface area (Å²) < 4.78 is 19.6. The van der Waals surface area contributed by atoms with Gasteiger partial charge in [0.1, 0.15) is 5.75 Å². The first-order valence-corrected chi connectivity index (χ1v) is 6.20. The Morgan fingerprint density at radius 1 is 1.11 bits per heavy atom. The van der Waals surface area contributed by atoms with Gasteiger partial charge in [-0.1, -0.05) is 24.3 Å². The van der Waals surface area contributed by atoms with Crippen LogP contribution >= 0.6 is 0 Å². The van der Waals surface area contributed by atoms with Crippen molar-refractivity contribution in [1.82, 2.24) is 0 Å². The predicted molar refractivity (Wildman–Crippen MR) is 73.0 cm³/mol. The number of aryl methyl sites for hydroxylation is 2. The lowest BCUT2D eigenvalue weighted by Gasteiger charge is -2.13. The van der Waals surface area contributed by atoms with Gasteiger partial charge >= 0.3 is 0 Å². The third-order valence-electron chi connectivity index (χ3n) is 3.06. The van der Waals surface area contributed by atoms with Crippen LogP contribution in [0.4, 0.5) is 4.39 Å². The molecular formula is C16H17FO2. The zero-order valence-corrected chi connectivity index (χ0v) is 11.3. The van der Waals surface area contributed by atoms with E-state index in [1.54, 1.807) is 19.1 Å². The third kappa shape index (κ3) is 2.93. The maximum Gasteiger partial charge on any atom is 0.166 e. The van der Waals surface area contributed by atoms with Crippen molar-refractivity contribution in [3.05, 3.63) is 58.9 Å². The number of para-hydroxylation sites is 1. The Morgan fingerprint density at radius 2 is 1.74 bits per heavy atom. The van der Waals surface area contributed by atoms with Crippen molar-refractivity contribution in [2.75, 3.05) is 0 Å². The molecule has 0 saturated heterocycles. The molecule has 0 aliphatic rings. The largest absolute Gasteiger partial charge is 0.454 e. The Kier molecular flexibility index (Phi) is 3.86. The van der Waals surface area contributed by atoms with Crippen molar-refractivity contribution in [2.24, 2.45) is 0 Å². The summed E-state index contributed by atoms with van der Waals surface area (Å²) in [7, 11) is 0. The first kappa shape index (κ1) is 13.6. The lowest BCUT2D eigenvalue weighted by atomic mass is 10.1. The monoisotopic (exact) mass is 260 g/mol. The van der Waals surface area contributed by atoms with Crippen molar-refractivity contribution in [2.45, 2.75) is 26.9 Å². The fraction of sp³-hybridized carbons (Fsp3) is 0.250. The van der Waals surface area contributed by atoms with Crippen LogP contribution in [0.3, 0.4) is 0 Å². The zero-order valence-electron chi connectivity index (χ0n) is 11.3. The van der Waals surface area contributed by atoms with E-state index < -0.39 is 11.9 Å². The molecule has 0 saturated carbocycles. The second kappa shape index (κ2) is 5.41. The Morgan fingerprint density at radius 3 is 2.26 bits per heavy atom. The van der Waals surface area contributed by atoms with Crippen LogP contribution in [-0.2, 0) is 0 Å². The second-order valence-corrected chi connectivity index (χ2v) is 4.69. The molecule has 1 atom stereocenters. The van der Waals surface area contributed by atoms with E-state index in [1.807, 2.05) is 32.0 Å². The van der Waals surface area contributed by atoms with E-state index in [4.69, 9.17) is 4.74 Å². The van der Waals surface area contributed by atoms with Crippen LogP contribution in [-0.4, -0.2) is 5.11 Å². The summed E-state index contributed by atoms with van der Waals surface area (Å²) in [6, 6.07) is 10.3. The SMILES string of the molecule is Cc1cccc(C)c1Oc1ccc(C(C)O)cc1F. The lowest BCUT2D eigenvalue weighted by Crippen LogP contribution is -1.96.